The summed E-state index contributed by atoms with van der Waals surface area (Å²) in [5.41, 5.74) is 5.89. The third kappa shape index (κ3) is 6.08. The summed E-state index contributed by atoms with van der Waals surface area (Å²) in [5, 5.41) is 12.1. The van der Waals surface area contributed by atoms with Gasteiger partial charge in [-0.15, -0.1) is 33.9 Å². The molecule has 0 aromatic carbocycles. The Morgan fingerprint density at radius 2 is 1.91 bits per heavy atom. The number of nitrogens with one attached hydrogen (secondary N) is 2. The van der Waals surface area contributed by atoms with Crippen molar-refractivity contribution in [2.75, 3.05) is 13.6 Å². The van der Waals surface area contributed by atoms with Crippen molar-refractivity contribution in [1.82, 2.24) is 30.7 Å². The fraction of sp³-hybridized carbons (Fsp3) is 0.579. The molecule has 0 radical (unpaired) electrons. The van der Waals surface area contributed by atoms with E-state index in [0.29, 0.717) is 6.54 Å². The first-order chi connectivity index (χ1) is 16.0. The molecule has 0 spiro atoms. The van der Waals surface area contributed by atoms with Gasteiger partial charge in [0.15, 0.2) is 5.01 Å². The summed E-state index contributed by atoms with van der Waals surface area (Å²) in [6.45, 7) is 1.51. The Morgan fingerprint density at radius 1 is 1.17 bits per heavy atom. The molecular weight excluding hydrogens is 515 g/mol. The molecule has 4 rings (SSSR count). The molecule has 35 heavy (non-hydrogen) atoms. The highest BCUT2D eigenvalue weighted by atomic mass is 35.5. The summed E-state index contributed by atoms with van der Waals surface area (Å²) < 4.78 is 43.4. The van der Waals surface area contributed by atoms with Crippen LogP contribution >= 0.6 is 23.7 Å². The number of thiazole rings is 1. The number of alkyl halides is 3. The molecule has 192 valence electrons. The molecule has 1 saturated carbocycles. The summed E-state index contributed by atoms with van der Waals surface area (Å²) >= 11 is 1.27. The van der Waals surface area contributed by atoms with Crippen molar-refractivity contribution in [2.24, 2.45) is 5.73 Å². The molecule has 4 N–H and O–H groups in total. The van der Waals surface area contributed by atoms with Gasteiger partial charge in [0.2, 0.25) is 5.89 Å². The predicted octanol–water partition coefficient (Wildman–Crippen LogP) is 0.991. The number of primary amides is 1. The van der Waals surface area contributed by atoms with E-state index in [1.807, 2.05) is 7.05 Å². The molecule has 3 heterocycles. The zero-order chi connectivity index (χ0) is 24.6. The molecule has 2 aliphatic rings. The minimum atomic E-state index is -4.77. The number of carbonyl (C=O) groups excluding carboxylic acids is 3. The van der Waals surface area contributed by atoms with Gasteiger partial charge in [0.25, 0.3) is 5.91 Å². The molecule has 0 bridgehead atoms. The molecule has 3 atom stereocenters. The highest BCUT2D eigenvalue weighted by Crippen LogP contribution is 2.36. The molecule has 11 nitrogen and oxygen atoms in total. The molecule has 0 saturated heterocycles. The first kappa shape index (κ1) is 26.8. The predicted molar refractivity (Wildman–Crippen MR) is 118 cm³/mol. The number of likely N-dealkylation sites (N-methyl/N-ethyl adjacent to an activating group) is 1. The van der Waals surface area contributed by atoms with Gasteiger partial charge in [0.1, 0.15) is 0 Å². The molecule has 3 amide bonds. The zero-order valence-corrected chi connectivity index (χ0v) is 20.1. The average Bonchev–Trinajstić information content (AvgIpc) is 3.41. The molecular formula is C19H23ClF3N7O4S. The van der Waals surface area contributed by atoms with Crippen LogP contribution in [-0.4, -0.2) is 63.5 Å². The highest BCUT2D eigenvalue weighted by molar-refractivity contribution is 7.13. The van der Waals surface area contributed by atoms with E-state index in [4.69, 9.17) is 10.2 Å². The Bertz CT molecular complexity index is 1110. The number of amides is 3. The van der Waals surface area contributed by atoms with Crippen molar-refractivity contribution in [1.29, 1.82) is 0 Å². The van der Waals surface area contributed by atoms with Crippen molar-refractivity contribution >= 4 is 41.5 Å². The van der Waals surface area contributed by atoms with E-state index in [1.54, 1.807) is 0 Å². The molecule has 1 aliphatic heterocycles. The number of halogens is 4. The van der Waals surface area contributed by atoms with E-state index in [2.05, 4.69) is 30.7 Å². The van der Waals surface area contributed by atoms with Crippen molar-refractivity contribution in [3.8, 4) is 0 Å². The number of hydrogen-bond acceptors (Lipinski definition) is 9. The van der Waals surface area contributed by atoms with Crippen molar-refractivity contribution in [2.45, 2.75) is 56.4 Å². The first-order valence-electron chi connectivity index (χ1n) is 10.5. The molecule has 16 heteroatoms. The van der Waals surface area contributed by atoms with E-state index in [1.165, 1.54) is 11.3 Å². The lowest BCUT2D eigenvalue weighted by atomic mass is 9.82. The molecule has 1 aliphatic carbocycles. The SMILES string of the molecule is CN1CCc2nc(C(=O)N[C@@H]3C[C@@H](c4nnc(C(F)(F)F)o4)CC[C@@H]3NC(=O)C(N)=O)sc2C1.Cl. The van der Waals surface area contributed by atoms with Crippen LogP contribution in [0.3, 0.4) is 0 Å². The van der Waals surface area contributed by atoms with Gasteiger partial charge in [-0.3, -0.25) is 14.4 Å². The molecule has 1 fully saturated rings. The van der Waals surface area contributed by atoms with Crippen LogP contribution in [0, 0.1) is 0 Å². The van der Waals surface area contributed by atoms with E-state index in [9.17, 15) is 27.6 Å². The van der Waals surface area contributed by atoms with Gasteiger partial charge < -0.3 is 25.7 Å². The van der Waals surface area contributed by atoms with Crippen molar-refractivity contribution in [3.63, 3.8) is 0 Å². The largest absolute Gasteiger partial charge is 0.470 e. The Hall–Kier alpha value is -2.78. The molecule has 2 aromatic rings. The third-order valence-corrected chi connectivity index (χ3v) is 6.94. The topological polar surface area (TPSA) is 156 Å². The van der Waals surface area contributed by atoms with Gasteiger partial charge in [-0.1, -0.05) is 0 Å². The van der Waals surface area contributed by atoms with E-state index >= 15 is 0 Å². The van der Waals surface area contributed by atoms with Crippen LogP contribution in [0.2, 0.25) is 0 Å². The van der Waals surface area contributed by atoms with Crippen LogP contribution < -0.4 is 16.4 Å². The average molecular weight is 538 g/mol. The van der Waals surface area contributed by atoms with Crippen LogP contribution in [0.5, 0.6) is 0 Å². The Kier molecular flexibility index (Phi) is 8.01. The number of hydrogen-bond donors (Lipinski definition) is 3. The fourth-order valence-electron chi connectivity index (χ4n) is 4.13. The van der Waals surface area contributed by atoms with E-state index in [-0.39, 0.29) is 42.6 Å². The standard InChI is InChI=1S/C19H22F3N7O4S.ClH/c1-29-5-4-10-12(7-29)34-17(26-10)15(32)25-11-6-8(2-3-9(11)24-14(31)13(23)30)16-27-28-18(33-16)19(20,21)22;/h8-9,11H,2-7H2,1H3,(H2,23,30)(H,24,31)(H,25,32);1H/t8-,9-,11+;/m0./s1. The van der Waals surface area contributed by atoms with Crippen molar-refractivity contribution in [3.05, 3.63) is 27.4 Å². The highest BCUT2D eigenvalue weighted by Gasteiger charge is 2.41. The van der Waals surface area contributed by atoms with Gasteiger partial charge in [0, 0.05) is 36.3 Å². The molecule has 2 aromatic heterocycles. The second-order valence-corrected chi connectivity index (χ2v) is 9.44. The number of aromatic nitrogens is 3. The Morgan fingerprint density at radius 3 is 2.57 bits per heavy atom. The minimum Gasteiger partial charge on any atom is -0.417 e. The van der Waals surface area contributed by atoms with Crippen LogP contribution in [0.15, 0.2) is 4.42 Å². The Balaban J connectivity index is 0.00000342. The number of fused-ring (bicyclic) bond motifs is 1. The lowest BCUT2D eigenvalue weighted by Gasteiger charge is -2.35. The minimum absolute atomic E-state index is 0. The normalized spacial score (nSPS) is 22.6. The summed E-state index contributed by atoms with van der Waals surface area (Å²) in [4.78, 5) is 43.6. The van der Waals surface area contributed by atoms with Crippen LogP contribution in [0.1, 0.15) is 57.3 Å². The smallest absolute Gasteiger partial charge is 0.417 e. The summed E-state index contributed by atoms with van der Waals surface area (Å²) in [6.07, 6.45) is -3.44. The summed E-state index contributed by atoms with van der Waals surface area (Å²) in [7, 11) is 1.97. The lowest BCUT2D eigenvalue weighted by molar-refractivity contribution is -0.157. The van der Waals surface area contributed by atoms with Crippen LogP contribution in [-0.2, 0) is 28.7 Å². The van der Waals surface area contributed by atoms with Crippen LogP contribution in [0.25, 0.3) is 0 Å². The van der Waals surface area contributed by atoms with Gasteiger partial charge in [-0.2, -0.15) is 13.2 Å². The van der Waals surface area contributed by atoms with Crippen LogP contribution in [0.4, 0.5) is 13.2 Å². The maximum Gasteiger partial charge on any atom is 0.470 e. The Labute approximate surface area is 207 Å². The monoisotopic (exact) mass is 537 g/mol. The van der Waals surface area contributed by atoms with E-state index < -0.39 is 47.8 Å². The summed E-state index contributed by atoms with van der Waals surface area (Å²) in [5.74, 6) is -4.94. The quantitative estimate of drug-likeness (QED) is 0.487. The number of carbonyl (C=O) groups is 3. The lowest BCUT2D eigenvalue weighted by Crippen LogP contribution is -2.56. The summed E-state index contributed by atoms with van der Waals surface area (Å²) in [6, 6.07) is -1.41. The maximum absolute atomic E-state index is 13.0. The maximum atomic E-state index is 13.0. The number of rotatable bonds is 4. The number of nitrogens with zero attached hydrogens (tertiary/aromatic N) is 4. The number of nitrogens with two attached hydrogens (primary N) is 1. The van der Waals surface area contributed by atoms with Gasteiger partial charge in [-0.25, -0.2) is 4.98 Å². The second-order valence-electron chi connectivity index (χ2n) is 8.35. The second kappa shape index (κ2) is 10.5. The third-order valence-electron chi connectivity index (χ3n) is 5.86. The first-order valence-corrected chi connectivity index (χ1v) is 11.3. The van der Waals surface area contributed by atoms with Gasteiger partial charge in [0.05, 0.1) is 11.7 Å². The van der Waals surface area contributed by atoms with Gasteiger partial charge >= 0.3 is 23.9 Å². The van der Waals surface area contributed by atoms with Crippen molar-refractivity contribution < 1.29 is 32.0 Å². The molecule has 0 unspecified atom stereocenters. The van der Waals surface area contributed by atoms with E-state index in [0.717, 1.165) is 23.5 Å². The fourth-order valence-corrected chi connectivity index (χ4v) is 5.22. The zero-order valence-electron chi connectivity index (χ0n) is 18.4. The van der Waals surface area contributed by atoms with Gasteiger partial charge in [-0.05, 0) is 26.3 Å².